The number of hydrogen-bond donors (Lipinski definition) is 0. The van der Waals surface area contributed by atoms with Gasteiger partial charge in [0.2, 0.25) is 0 Å². The van der Waals surface area contributed by atoms with Crippen molar-refractivity contribution in [3.05, 3.63) is 42.7 Å². The second kappa shape index (κ2) is 4.86. The van der Waals surface area contributed by atoms with Crippen LogP contribution in [-0.2, 0) is 9.53 Å². The first-order chi connectivity index (χ1) is 8.84. The lowest BCUT2D eigenvalue weighted by Crippen LogP contribution is -2.10. The van der Waals surface area contributed by atoms with E-state index >= 15 is 0 Å². The number of carbonyl (C=O) groups is 1. The number of rotatable bonds is 3. The van der Waals surface area contributed by atoms with Crippen molar-refractivity contribution >= 4 is 17.7 Å². The lowest BCUT2D eigenvalue weighted by Gasteiger charge is -2.08. The summed E-state index contributed by atoms with van der Waals surface area (Å²) in [5.74, 6) is -0.136. The Morgan fingerprint density at radius 1 is 1.33 bits per heavy atom. The topological polar surface area (TPSA) is 44.1 Å². The van der Waals surface area contributed by atoms with Crippen LogP contribution in [0.3, 0.4) is 0 Å². The lowest BCUT2D eigenvalue weighted by molar-refractivity contribution is -0.137. The molecule has 2 aromatic rings. The molecule has 0 saturated carbocycles. The predicted octanol–water partition coefficient (Wildman–Crippen LogP) is 2.28. The normalized spacial score (nSPS) is 18.9. The first kappa shape index (κ1) is 11.3. The number of cyclic esters (lactones) is 1. The second-order valence-electron chi connectivity index (χ2n) is 3.98. The van der Waals surface area contributed by atoms with E-state index in [-0.39, 0.29) is 11.2 Å². The van der Waals surface area contributed by atoms with Crippen molar-refractivity contribution < 1.29 is 9.53 Å². The summed E-state index contributed by atoms with van der Waals surface area (Å²) >= 11 is 1.46. The number of aromatic nitrogens is 2. The molecule has 0 spiro atoms. The van der Waals surface area contributed by atoms with Crippen molar-refractivity contribution in [2.24, 2.45) is 0 Å². The molecule has 1 saturated heterocycles. The van der Waals surface area contributed by atoms with Crippen LogP contribution in [0.2, 0.25) is 0 Å². The second-order valence-corrected chi connectivity index (χ2v) is 5.15. The molecule has 1 unspecified atom stereocenters. The number of benzene rings is 1. The molecule has 0 radical (unpaired) electrons. The van der Waals surface area contributed by atoms with Gasteiger partial charge in [-0.2, -0.15) is 0 Å². The van der Waals surface area contributed by atoms with Gasteiger partial charge in [0.25, 0.3) is 0 Å². The van der Waals surface area contributed by atoms with Gasteiger partial charge in [0, 0.05) is 24.5 Å². The minimum absolute atomic E-state index is 0.130. The third-order valence-electron chi connectivity index (χ3n) is 2.78. The Hall–Kier alpha value is -1.75. The number of ether oxygens (including phenoxy) is 1. The predicted molar refractivity (Wildman–Crippen MR) is 68.8 cm³/mol. The van der Waals surface area contributed by atoms with Crippen LogP contribution in [0, 0.1) is 0 Å². The van der Waals surface area contributed by atoms with Crippen molar-refractivity contribution in [1.82, 2.24) is 9.55 Å². The van der Waals surface area contributed by atoms with Crippen LogP contribution in [0.25, 0.3) is 5.69 Å². The quantitative estimate of drug-likeness (QED) is 0.794. The van der Waals surface area contributed by atoms with E-state index in [0.29, 0.717) is 6.61 Å². The van der Waals surface area contributed by atoms with Gasteiger partial charge in [0.05, 0.1) is 6.61 Å². The molecule has 1 aromatic carbocycles. The molecule has 1 aliphatic rings. The molecular formula is C13H12N2O2S. The standard InChI is InChI=1S/C13H12N2O2S/c16-12-11(6-9-17-12)18-13-14-7-8-15(13)10-4-2-1-3-5-10/h1-5,7-8,11H,6,9H2. The molecule has 0 amide bonds. The number of thioether (sulfide) groups is 1. The van der Waals surface area contributed by atoms with E-state index < -0.39 is 0 Å². The average Bonchev–Trinajstić information content (AvgIpc) is 3.01. The summed E-state index contributed by atoms with van der Waals surface area (Å²) in [5.41, 5.74) is 1.05. The van der Waals surface area contributed by atoms with E-state index in [1.807, 2.05) is 41.1 Å². The zero-order valence-electron chi connectivity index (χ0n) is 9.65. The van der Waals surface area contributed by atoms with Gasteiger partial charge in [-0.3, -0.25) is 9.36 Å². The number of carbonyl (C=O) groups excluding carboxylic acids is 1. The fourth-order valence-electron chi connectivity index (χ4n) is 1.87. The molecule has 1 fully saturated rings. The molecule has 1 atom stereocenters. The molecule has 0 aliphatic carbocycles. The van der Waals surface area contributed by atoms with Crippen LogP contribution in [0.15, 0.2) is 47.9 Å². The highest BCUT2D eigenvalue weighted by Gasteiger charge is 2.29. The van der Waals surface area contributed by atoms with Gasteiger partial charge >= 0.3 is 5.97 Å². The van der Waals surface area contributed by atoms with Gasteiger partial charge in [0.1, 0.15) is 5.25 Å². The van der Waals surface area contributed by atoms with Crippen molar-refractivity contribution in [1.29, 1.82) is 0 Å². The van der Waals surface area contributed by atoms with Crippen molar-refractivity contribution in [3.8, 4) is 5.69 Å². The fourth-order valence-corrected chi connectivity index (χ4v) is 2.91. The Bertz CT molecular complexity index is 553. The Kier molecular flexibility index (Phi) is 3.06. The first-order valence-electron chi connectivity index (χ1n) is 5.76. The lowest BCUT2D eigenvalue weighted by atomic mass is 10.3. The zero-order valence-corrected chi connectivity index (χ0v) is 10.5. The number of para-hydroxylation sites is 1. The minimum atomic E-state index is -0.136. The molecular weight excluding hydrogens is 248 g/mol. The number of nitrogens with zero attached hydrogens (tertiary/aromatic N) is 2. The van der Waals surface area contributed by atoms with Gasteiger partial charge in [-0.15, -0.1) is 0 Å². The van der Waals surface area contributed by atoms with Crippen LogP contribution >= 0.6 is 11.8 Å². The van der Waals surface area contributed by atoms with Crippen LogP contribution in [0.1, 0.15) is 6.42 Å². The number of hydrogen-bond acceptors (Lipinski definition) is 4. The van der Waals surface area contributed by atoms with Crippen molar-refractivity contribution in [2.45, 2.75) is 16.8 Å². The van der Waals surface area contributed by atoms with Crippen molar-refractivity contribution in [3.63, 3.8) is 0 Å². The summed E-state index contributed by atoms with van der Waals surface area (Å²) < 4.78 is 6.95. The molecule has 0 bridgehead atoms. The zero-order chi connectivity index (χ0) is 12.4. The maximum atomic E-state index is 11.5. The SMILES string of the molecule is O=C1OCCC1Sc1nccn1-c1ccccc1. The fraction of sp³-hybridized carbons (Fsp3) is 0.231. The van der Waals surface area contributed by atoms with Crippen LogP contribution in [-0.4, -0.2) is 27.4 Å². The Labute approximate surface area is 109 Å². The summed E-state index contributed by atoms with van der Waals surface area (Å²) in [7, 11) is 0. The summed E-state index contributed by atoms with van der Waals surface area (Å²) in [6.07, 6.45) is 4.40. The number of imidazole rings is 1. The molecule has 0 N–H and O–H groups in total. The summed E-state index contributed by atoms with van der Waals surface area (Å²) in [4.78, 5) is 15.8. The van der Waals surface area contributed by atoms with Gasteiger partial charge in [-0.05, 0) is 12.1 Å². The van der Waals surface area contributed by atoms with Gasteiger partial charge in [0.15, 0.2) is 5.16 Å². The first-order valence-corrected chi connectivity index (χ1v) is 6.64. The van der Waals surface area contributed by atoms with E-state index in [2.05, 4.69) is 4.98 Å². The highest BCUT2D eigenvalue weighted by Crippen LogP contribution is 2.29. The van der Waals surface area contributed by atoms with Crippen molar-refractivity contribution in [2.75, 3.05) is 6.61 Å². The van der Waals surface area contributed by atoms with E-state index in [0.717, 1.165) is 17.3 Å². The largest absolute Gasteiger partial charge is 0.465 e. The average molecular weight is 260 g/mol. The van der Waals surface area contributed by atoms with E-state index in [4.69, 9.17) is 4.74 Å². The molecule has 5 heteroatoms. The van der Waals surface area contributed by atoms with Gasteiger partial charge in [-0.25, -0.2) is 4.98 Å². The summed E-state index contributed by atoms with van der Waals surface area (Å²) in [6.45, 7) is 0.516. The third kappa shape index (κ3) is 2.13. The molecule has 4 nitrogen and oxygen atoms in total. The van der Waals surface area contributed by atoms with E-state index in [1.54, 1.807) is 6.20 Å². The Balaban J connectivity index is 1.86. The highest BCUT2D eigenvalue weighted by molar-refractivity contribution is 8.00. The Morgan fingerprint density at radius 3 is 2.89 bits per heavy atom. The van der Waals surface area contributed by atoms with Gasteiger partial charge in [-0.1, -0.05) is 30.0 Å². The molecule has 2 heterocycles. The summed E-state index contributed by atoms with van der Waals surface area (Å²) in [5, 5.41) is 0.694. The van der Waals surface area contributed by atoms with E-state index in [1.165, 1.54) is 11.8 Å². The molecule has 3 rings (SSSR count). The summed E-state index contributed by atoms with van der Waals surface area (Å²) in [6, 6.07) is 9.96. The monoisotopic (exact) mass is 260 g/mol. The molecule has 18 heavy (non-hydrogen) atoms. The minimum Gasteiger partial charge on any atom is -0.465 e. The van der Waals surface area contributed by atoms with Crippen LogP contribution < -0.4 is 0 Å². The number of esters is 1. The molecule has 1 aromatic heterocycles. The van der Waals surface area contributed by atoms with Crippen LogP contribution in [0.4, 0.5) is 0 Å². The smallest absolute Gasteiger partial charge is 0.319 e. The molecule has 92 valence electrons. The Morgan fingerprint density at radius 2 is 2.17 bits per heavy atom. The highest BCUT2D eigenvalue weighted by atomic mass is 32.2. The molecule has 1 aliphatic heterocycles. The van der Waals surface area contributed by atoms with Gasteiger partial charge < -0.3 is 4.74 Å². The van der Waals surface area contributed by atoms with Crippen LogP contribution in [0.5, 0.6) is 0 Å². The van der Waals surface area contributed by atoms with E-state index in [9.17, 15) is 4.79 Å². The maximum absolute atomic E-state index is 11.5. The maximum Gasteiger partial charge on any atom is 0.319 e. The third-order valence-corrected chi connectivity index (χ3v) is 4.00.